The maximum atomic E-state index is 12.7. The number of hydrogen-bond donors (Lipinski definition) is 2. The van der Waals surface area contributed by atoms with Gasteiger partial charge in [-0.05, 0) is 42.2 Å². The number of aromatic nitrogens is 3. The largest absolute Gasteiger partial charge is 0.369 e. The zero-order chi connectivity index (χ0) is 16.6. The molecular formula is C19H20N4O. The van der Waals surface area contributed by atoms with E-state index in [1.54, 1.807) is 12.4 Å². The monoisotopic (exact) mass is 320 g/mol. The predicted molar refractivity (Wildman–Crippen MR) is 92.4 cm³/mol. The number of fused-ring (bicyclic) bond motifs is 1. The Balaban J connectivity index is 1.88. The molecule has 2 atom stereocenters. The second-order valence-corrected chi connectivity index (χ2v) is 6.59. The van der Waals surface area contributed by atoms with Crippen LogP contribution >= 0.6 is 0 Å². The molecule has 1 aromatic carbocycles. The fraction of sp³-hybridized carbons (Fsp3) is 0.316. The Morgan fingerprint density at radius 1 is 1.25 bits per heavy atom. The van der Waals surface area contributed by atoms with E-state index < -0.39 is 5.41 Å². The van der Waals surface area contributed by atoms with Crippen LogP contribution in [0.2, 0.25) is 0 Å². The summed E-state index contributed by atoms with van der Waals surface area (Å²) in [6.07, 6.45) is 9.15. The normalized spacial score (nSPS) is 24.1. The summed E-state index contributed by atoms with van der Waals surface area (Å²) < 4.78 is 0. The van der Waals surface area contributed by atoms with Gasteiger partial charge in [-0.3, -0.25) is 14.9 Å². The molecule has 1 aliphatic carbocycles. The lowest BCUT2D eigenvalue weighted by Gasteiger charge is -2.42. The highest BCUT2D eigenvalue weighted by molar-refractivity contribution is 5.88. The molecule has 0 aliphatic heterocycles. The molecule has 2 heterocycles. The number of carbonyl (C=O) groups excluding carboxylic acids is 1. The Morgan fingerprint density at radius 3 is 2.96 bits per heavy atom. The summed E-state index contributed by atoms with van der Waals surface area (Å²) in [7, 11) is 0. The van der Waals surface area contributed by atoms with Crippen molar-refractivity contribution in [2.24, 2.45) is 5.73 Å². The Labute approximate surface area is 140 Å². The van der Waals surface area contributed by atoms with Crippen LogP contribution in [0.25, 0.3) is 10.9 Å². The number of hydrogen-bond acceptors (Lipinski definition) is 3. The first-order valence-corrected chi connectivity index (χ1v) is 8.35. The van der Waals surface area contributed by atoms with Crippen molar-refractivity contribution >= 4 is 16.8 Å². The third-order valence-electron chi connectivity index (χ3n) is 5.39. The lowest BCUT2D eigenvalue weighted by atomic mass is 9.60. The van der Waals surface area contributed by atoms with Crippen molar-refractivity contribution in [2.45, 2.75) is 37.0 Å². The molecule has 5 heteroatoms. The topological polar surface area (TPSA) is 84.7 Å². The van der Waals surface area contributed by atoms with Crippen LogP contribution in [0.1, 0.15) is 42.7 Å². The first-order valence-electron chi connectivity index (χ1n) is 8.35. The van der Waals surface area contributed by atoms with Gasteiger partial charge >= 0.3 is 0 Å². The van der Waals surface area contributed by atoms with Gasteiger partial charge in [0.05, 0.1) is 17.1 Å². The minimum absolute atomic E-state index is 0.0623. The molecule has 1 amide bonds. The summed E-state index contributed by atoms with van der Waals surface area (Å²) in [5.41, 5.74) is 8.35. The van der Waals surface area contributed by atoms with Crippen molar-refractivity contribution in [3.05, 3.63) is 60.0 Å². The molecule has 0 radical (unpaired) electrons. The van der Waals surface area contributed by atoms with Crippen LogP contribution in [0.4, 0.5) is 0 Å². The second kappa shape index (κ2) is 5.74. The molecule has 24 heavy (non-hydrogen) atoms. The van der Waals surface area contributed by atoms with Crippen molar-refractivity contribution in [2.75, 3.05) is 0 Å². The molecule has 3 aromatic rings. The molecule has 0 saturated heterocycles. The summed E-state index contributed by atoms with van der Waals surface area (Å²) in [5, 5.41) is 8.12. The standard InChI is InChI=1S/C19H20N4O/c20-18(24)19(15-4-3-9-21-12-15)8-2-1-5-16(19)13-6-7-17-14(10-13)11-22-23-17/h3-4,6-7,9-12,16H,1-2,5,8H2,(H2,20,24)(H,22,23). The number of rotatable bonds is 3. The van der Waals surface area contributed by atoms with Crippen LogP contribution in [-0.4, -0.2) is 21.1 Å². The fourth-order valence-electron chi connectivity index (χ4n) is 4.21. The van der Waals surface area contributed by atoms with E-state index in [0.717, 1.165) is 47.7 Å². The van der Waals surface area contributed by atoms with E-state index in [-0.39, 0.29) is 11.8 Å². The minimum Gasteiger partial charge on any atom is -0.369 e. The molecular weight excluding hydrogens is 300 g/mol. The average molecular weight is 320 g/mol. The van der Waals surface area contributed by atoms with Crippen molar-refractivity contribution in [1.82, 2.24) is 15.2 Å². The summed E-state index contributed by atoms with van der Waals surface area (Å²) in [6, 6.07) is 10.1. The number of nitrogens with one attached hydrogen (secondary N) is 1. The quantitative estimate of drug-likeness (QED) is 0.778. The maximum absolute atomic E-state index is 12.7. The Hall–Kier alpha value is -2.69. The number of H-pyrrole nitrogens is 1. The summed E-state index contributed by atoms with van der Waals surface area (Å²) in [4.78, 5) is 16.9. The first kappa shape index (κ1) is 14.9. The van der Waals surface area contributed by atoms with Crippen molar-refractivity contribution < 1.29 is 4.79 Å². The highest BCUT2D eigenvalue weighted by Gasteiger charge is 2.48. The van der Waals surface area contributed by atoms with Crippen molar-refractivity contribution in [3.63, 3.8) is 0 Å². The lowest BCUT2D eigenvalue weighted by Crippen LogP contribution is -2.48. The third-order valence-corrected chi connectivity index (χ3v) is 5.39. The van der Waals surface area contributed by atoms with Gasteiger partial charge in [0.2, 0.25) is 5.91 Å². The molecule has 4 rings (SSSR count). The van der Waals surface area contributed by atoms with E-state index in [1.807, 2.05) is 24.4 Å². The van der Waals surface area contributed by atoms with Gasteiger partial charge in [-0.25, -0.2) is 0 Å². The van der Waals surface area contributed by atoms with Gasteiger partial charge in [0.25, 0.3) is 0 Å². The summed E-state index contributed by atoms with van der Waals surface area (Å²) >= 11 is 0. The van der Waals surface area contributed by atoms with Gasteiger partial charge in [-0.2, -0.15) is 5.10 Å². The van der Waals surface area contributed by atoms with E-state index in [2.05, 4.69) is 27.3 Å². The van der Waals surface area contributed by atoms with E-state index in [4.69, 9.17) is 5.73 Å². The second-order valence-electron chi connectivity index (χ2n) is 6.59. The van der Waals surface area contributed by atoms with Crippen LogP contribution in [0.15, 0.2) is 48.9 Å². The molecule has 1 aliphatic rings. The molecule has 0 spiro atoms. The molecule has 3 N–H and O–H groups in total. The van der Waals surface area contributed by atoms with Gasteiger partial charge < -0.3 is 5.73 Å². The van der Waals surface area contributed by atoms with Crippen molar-refractivity contribution in [1.29, 1.82) is 0 Å². The number of benzene rings is 1. The van der Waals surface area contributed by atoms with Gasteiger partial charge in [0, 0.05) is 23.7 Å². The van der Waals surface area contributed by atoms with Gasteiger partial charge in [-0.15, -0.1) is 0 Å². The number of carbonyl (C=O) groups is 1. The zero-order valence-corrected chi connectivity index (χ0v) is 13.4. The van der Waals surface area contributed by atoms with E-state index in [9.17, 15) is 4.79 Å². The highest BCUT2D eigenvalue weighted by Crippen LogP contribution is 2.49. The molecule has 5 nitrogen and oxygen atoms in total. The Kier molecular flexibility index (Phi) is 3.56. The molecule has 2 aromatic heterocycles. The number of nitrogens with zero attached hydrogens (tertiary/aromatic N) is 2. The van der Waals surface area contributed by atoms with Crippen LogP contribution < -0.4 is 5.73 Å². The van der Waals surface area contributed by atoms with Gasteiger partial charge in [0.15, 0.2) is 0 Å². The fourth-order valence-corrected chi connectivity index (χ4v) is 4.21. The molecule has 122 valence electrons. The summed E-state index contributed by atoms with van der Waals surface area (Å²) in [6.45, 7) is 0. The number of nitrogens with two attached hydrogens (primary N) is 1. The average Bonchev–Trinajstić information content (AvgIpc) is 3.10. The number of pyridine rings is 1. The lowest BCUT2D eigenvalue weighted by molar-refractivity contribution is -0.125. The Bertz CT molecular complexity index is 873. The molecule has 2 unspecified atom stereocenters. The highest BCUT2D eigenvalue weighted by atomic mass is 16.1. The van der Waals surface area contributed by atoms with Gasteiger partial charge in [-0.1, -0.05) is 25.0 Å². The SMILES string of the molecule is NC(=O)C1(c2cccnc2)CCCCC1c1ccc2[nH]ncc2c1. The zero-order valence-electron chi connectivity index (χ0n) is 13.4. The van der Waals surface area contributed by atoms with E-state index >= 15 is 0 Å². The first-order chi connectivity index (χ1) is 11.7. The number of aromatic amines is 1. The van der Waals surface area contributed by atoms with Gasteiger partial charge in [0.1, 0.15) is 0 Å². The molecule has 1 saturated carbocycles. The predicted octanol–water partition coefficient (Wildman–Crippen LogP) is 3.04. The number of amides is 1. The Morgan fingerprint density at radius 2 is 2.17 bits per heavy atom. The van der Waals surface area contributed by atoms with Crippen molar-refractivity contribution in [3.8, 4) is 0 Å². The van der Waals surface area contributed by atoms with Crippen LogP contribution in [0.5, 0.6) is 0 Å². The van der Waals surface area contributed by atoms with E-state index in [1.165, 1.54) is 0 Å². The number of primary amides is 1. The van der Waals surface area contributed by atoms with Crippen LogP contribution in [0, 0.1) is 0 Å². The van der Waals surface area contributed by atoms with Crippen LogP contribution in [-0.2, 0) is 10.2 Å². The smallest absolute Gasteiger partial charge is 0.228 e. The third kappa shape index (κ3) is 2.19. The van der Waals surface area contributed by atoms with Crippen LogP contribution in [0.3, 0.4) is 0 Å². The minimum atomic E-state index is -0.691. The van der Waals surface area contributed by atoms with E-state index in [0.29, 0.717) is 0 Å². The molecule has 1 fully saturated rings. The molecule has 0 bridgehead atoms. The maximum Gasteiger partial charge on any atom is 0.228 e. The summed E-state index contributed by atoms with van der Waals surface area (Å²) in [5.74, 6) is -0.195.